The number of nitrogens with zero attached hydrogens (tertiary/aromatic N) is 2. The first-order valence-electron chi connectivity index (χ1n) is 4.09. The first-order chi connectivity index (χ1) is 7.16. The lowest BCUT2D eigenvalue weighted by Crippen LogP contribution is -2.13. The summed E-state index contributed by atoms with van der Waals surface area (Å²) < 4.78 is 1.33. The van der Waals surface area contributed by atoms with Gasteiger partial charge in [-0.25, -0.2) is 14.3 Å². The number of hydrogen-bond acceptors (Lipinski definition) is 4. The molecule has 2 heterocycles. The molecule has 0 aliphatic heterocycles. The van der Waals surface area contributed by atoms with Gasteiger partial charge in [0.2, 0.25) is 0 Å². The molecule has 0 saturated heterocycles. The fraction of sp³-hybridized carbons (Fsp3) is 0.125. The van der Waals surface area contributed by atoms with Gasteiger partial charge in [0.05, 0.1) is 12.1 Å². The molecular weight excluding hydrogens is 218 g/mol. The van der Waals surface area contributed by atoms with Gasteiger partial charge in [-0.05, 0) is 0 Å². The number of H-pyrrole nitrogens is 1. The van der Waals surface area contributed by atoms with E-state index in [1.54, 1.807) is 11.6 Å². The first-order valence-corrected chi connectivity index (χ1v) is 4.97. The Labute approximate surface area is 87.8 Å². The fourth-order valence-electron chi connectivity index (χ4n) is 1.11. The summed E-state index contributed by atoms with van der Waals surface area (Å²) in [5, 5.41) is 10.6. The standard InChI is InChI=1S/C8H7N3O3S/c12-6(13)3-5-4-15-8(10-5)11-2-1-9-7(11)14/h1-2,4H,3H2,(H,9,14)(H,12,13). The predicted octanol–water partition coefficient (Wildman–Crippen LogP) is 0.249. The number of thiazole rings is 1. The Morgan fingerprint density at radius 1 is 1.67 bits per heavy atom. The molecule has 0 bridgehead atoms. The second-order valence-corrected chi connectivity index (χ2v) is 3.66. The Kier molecular flexibility index (Phi) is 2.38. The van der Waals surface area contributed by atoms with E-state index in [1.807, 2.05) is 0 Å². The molecule has 2 aromatic heterocycles. The molecule has 2 rings (SSSR count). The second-order valence-electron chi connectivity index (χ2n) is 2.83. The third-order valence-electron chi connectivity index (χ3n) is 1.73. The van der Waals surface area contributed by atoms with Gasteiger partial charge in [-0.15, -0.1) is 11.3 Å². The highest BCUT2D eigenvalue weighted by molar-refractivity contribution is 7.12. The smallest absolute Gasteiger partial charge is 0.331 e. The molecule has 7 heteroatoms. The SMILES string of the molecule is O=C(O)Cc1csc(-n2cc[nH]c2=O)n1. The van der Waals surface area contributed by atoms with E-state index in [2.05, 4.69) is 9.97 Å². The Balaban J connectivity index is 2.32. The Morgan fingerprint density at radius 2 is 2.47 bits per heavy atom. The van der Waals surface area contributed by atoms with E-state index >= 15 is 0 Å². The number of aromatic nitrogens is 3. The number of carboxylic acids is 1. The molecule has 78 valence electrons. The largest absolute Gasteiger partial charge is 0.481 e. The van der Waals surface area contributed by atoms with Crippen LogP contribution in [0.3, 0.4) is 0 Å². The molecule has 15 heavy (non-hydrogen) atoms. The van der Waals surface area contributed by atoms with Crippen LogP contribution in [0.1, 0.15) is 5.69 Å². The number of imidazole rings is 1. The Morgan fingerprint density at radius 3 is 3.07 bits per heavy atom. The number of aromatic amines is 1. The van der Waals surface area contributed by atoms with Crippen LogP contribution in [0.2, 0.25) is 0 Å². The van der Waals surface area contributed by atoms with Crippen molar-refractivity contribution in [1.29, 1.82) is 0 Å². The summed E-state index contributed by atoms with van der Waals surface area (Å²) in [6.45, 7) is 0. The normalized spacial score (nSPS) is 10.4. The van der Waals surface area contributed by atoms with Gasteiger partial charge in [-0.2, -0.15) is 0 Å². The van der Waals surface area contributed by atoms with Crippen LogP contribution in [0.4, 0.5) is 0 Å². The number of hydrogen-bond donors (Lipinski definition) is 2. The number of rotatable bonds is 3. The Bertz CT molecular complexity index is 539. The van der Waals surface area contributed by atoms with Gasteiger partial charge in [0, 0.05) is 17.8 Å². The number of aliphatic carboxylic acids is 1. The van der Waals surface area contributed by atoms with Gasteiger partial charge in [-0.1, -0.05) is 0 Å². The minimum Gasteiger partial charge on any atom is -0.481 e. The van der Waals surface area contributed by atoms with Crippen molar-refractivity contribution in [3.63, 3.8) is 0 Å². The summed E-state index contributed by atoms with van der Waals surface area (Å²) in [5.74, 6) is -0.937. The molecule has 2 N–H and O–H groups in total. The van der Waals surface area contributed by atoms with Crippen LogP contribution in [0.25, 0.3) is 5.13 Å². The molecule has 0 aliphatic rings. The number of nitrogens with one attached hydrogen (secondary N) is 1. The lowest BCUT2D eigenvalue weighted by atomic mass is 10.3. The maximum Gasteiger partial charge on any atom is 0.331 e. The molecule has 0 saturated carbocycles. The van der Waals surface area contributed by atoms with Crippen LogP contribution >= 0.6 is 11.3 Å². The van der Waals surface area contributed by atoms with E-state index in [0.717, 1.165) is 0 Å². The molecule has 0 atom stereocenters. The molecule has 0 radical (unpaired) electrons. The van der Waals surface area contributed by atoms with Crippen molar-refractivity contribution >= 4 is 17.3 Å². The van der Waals surface area contributed by atoms with E-state index in [4.69, 9.17) is 5.11 Å². The summed E-state index contributed by atoms with van der Waals surface area (Å²) in [6.07, 6.45) is 2.92. The number of carboxylic acid groups (broad SMARTS) is 1. The molecule has 0 spiro atoms. The zero-order valence-electron chi connectivity index (χ0n) is 7.51. The maximum absolute atomic E-state index is 11.2. The quantitative estimate of drug-likeness (QED) is 0.783. The molecule has 0 aliphatic carbocycles. The monoisotopic (exact) mass is 225 g/mol. The third-order valence-corrected chi connectivity index (χ3v) is 2.62. The molecule has 6 nitrogen and oxygen atoms in total. The lowest BCUT2D eigenvalue weighted by Gasteiger charge is -1.91. The van der Waals surface area contributed by atoms with Gasteiger partial charge < -0.3 is 10.1 Å². The van der Waals surface area contributed by atoms with Gasteiger partial charge in [0.1, 0.15) is 0 Å². The van der Waals surface area contributed by atoms with Crippen LogP contribution in [0.5, 0.6) is 0 Å². The molecule has 0 fully saturated rings. The zero-order valence-corrected chi connectivity index (χ0v) is 8.32. The highest BCUT2D eigenvalue weighted by Crippen LogP contribution is 2.13. The summed E-state index contributed by atoms with van der Waals surface area (Å²) in [6, 6.07) is 0. The zero-order chi connectivity index (χ0) is 10.8. The summed E-state index contributed by atoms with van der Waals surface area (Å²) in [4.78, 5) is 28.1. The third kappa shape index (κ3) is 1.96. The molecule has 0 amide bonds. The molecular formula is C8H7N3O3S. The summed E-state index contributed by atoms with van der Waals surface area (Å²) in [7, 11) is 0. The summed E-state index contributed by atoms with van der Waals surface area (Å²) >= 11 is 1.23. The van der Waals surface area contributed by atoms with Gasteiger partial charge in [0.25, 0.3) is 0 Å². The van der Waals surface area contributed by atoms with Gasteiger partial charge in [-0.3, -0.25) is 4.79 Å². The van der Waals surface area contributed by atoms with Crippen LogP contribution < -0.4 is 5.69 Å². The van der Waals surface area contributed by atoms with E-state index in [0.29, 0.717) is 10.8 Å². The highest BCUT2D eigenvalue weighted by atomic mass is 32.1. The van der Waals surface area contributed by atoms with Gasteiger partial charge in [0.15, 0.2) is 5.13 Å². The van der Waals surface area contributed by atoms with Crippen molar-refractivity contribution in [2.24, 2.45) is 0 Å². The van der Waals surface area contributed by atoms with Crippen molar-refractivity contribution in [3.05, 3.63) is 34.0 Å². The van der Waals surface area contributed by atoms with Crippen LogP contribution in [-0.2, 0) is 11.2 Å². The van der Waals surface area contributed by atoms with Crippen LogP contribution in [0.15, 0.2) is 22.6 Å². The topological polar surface area (TPSA) is 88.0 Å². The van der Waals surface area contributed by atoms with Crippen LogP contribution in [-0.4, -0.2) is 25.6 Å². The minimum atomic E-state index is -0.937. The highest BCUT2D eigenvalue weighted by Gasteiger charge is 2.08. The van der Waals surface area contributed by atoms with E-state index in [9.17, 15) is 9.59 Å². The lowest BCUT2D eigenvalue weighted by molar-refractivity contribution is -0.136. The predicted molar refractivity (Wildman–Crippen MR) is 53.4 cm³/mol. The first kappa shape index (κ1) is 9.66. The molecule has 2 aromatic rings. The average molecular weight is 225 g/mol. The summed E-state index contributed by atoms with van der Waals surface area (Å²) in [5.41, 5.74) is 0.168. The minimum absolute atomic E-state index is 0.129. The molecule has 0 aromatic carbocycles. The van der Waals surface area contributed by atoms with Gasteiger partial charge >= 0.3 is 11.7 Å². The van der Waals surface area contributed by atoms with Crippen molar-refractivity contribution in [2.45, 2.75) is 6.42 Å². The average Bonchev–Trinajstić information content (AvgIpc) is 2.72. The van der Waals surface area contributed by atoms with Crippen molar-refractivity contribution in [3.8, 4) is 5.13 Å². The van der Waals surface area contributed by atoms with Crippen molar-refractivity contribution in [2.75, 3.05) is 0 Å². The number of carbonyl (C=O) groups is 1. The molecule has 0 unspecified atom stereocenters. The second kappa shape index (κ2) is 3.70. The van der Waals surface area contributed by atoms with Crippen molar-refractivity contribution < 1.29 is 9.90 Å². The van der Waals surface area contributed by atoms with Crippen LogP contribution in [0, 0.1) is 0 Å². The van der Waals surface area contributed by atoms with Crippen molar-refractivity contribution in [1.82, 2.24) is 14.5 Å². The van der Waals surface area contributed by atoms with E-state index < -0.39 is 5.97 Å². The fourth-order valence-corrected chi connectivity index (χ4v) is 1.92. The van der Waals surface area contributed by atoms with E-state index in [1.165, 1.54) is 22.1 Å². The Hall–Kier alpha value is -1.89. The maximum atomic E-state index is 11.2. The van der Waals surface area contributed by atoms with E-state index in [-0.39, 0.29) is 12.1 Å².